The average molecular weight is 373 g/mol. The van der Waals surface area contributed by atoms with Crippen LogP contribution < -0.4 is 15.4 Å². The van der Waals surface area contributed by atoms with E-state index in [4.69, 9.17) is 16.3 Å². The third kappa shape index (κ3) is 3.99. The Kier molecular flexibility index (Phi) is 5.47. The third-order valence-electron chi connectivity index (χ3n) is 4.41. The molecule has 1 aliphatic rings. The maximum atomic E-state index is 12.6. The Labute approximate surface area is 157 Å². The number of para-hydroxylation sites is 1. The highest BCUT2D eigenvalue weighted by molar-refractivity contribution is 6.30. The lowest BCUT2D eigenvalue weighted by atomic mass is 10.1. The van der Waals surface area contributed by atoms with Gasteiger partial charge in [0, 0.05) is 17.5 Å². The monoisotopic (exact) mass is 372 g/mol. The number of fused-ring (bicyclic) bond motifs is 1. The summed E-state index contributed by atoms with van der Waals surface area (Å²) in [6.45, 7) is 3.94. The minimum absolute atomic E-state index is 0.0590. The second-order valence-electron chi connectivity index (χ2n) is 6.38. The van der Waals surface area contributed by atoms with Gasteiger partial charge in [-0.25, -0.2) is 0 Å². The van der Waals surface area contributed by atoms with Crippen LogP contribution in [0.15, 0.2) is 42.5 Å². The topological polar surface area (TPSA) is 67.4 Å². The fourth-order valence-corrected chi connectivity index (χ4v) is 2.97. The van der Waals surface area contributed by atoms with Gasteiger partial charge in [-0.05, 0) is 49.2 Å². The summed E-state index contributed by atoms with van der Waals surface area (Å²) in [5.41, 5.74) is 1.80. The van der Waals surface area contributed by atoms with Crippen molar-refractivity contribution in [2.75, 3.05) is 5.32 Å². The van der Waals surface area contributed by atoms with Crippen molar-refractivity contribution in [2.45, 2.75) is 38.8 Å². The molecule has 0 fully saturated rings. The zero-order chi connectivity index (χ0) is 18.7. The highest BCUT2D eigenvalue weighted by Gasteiger charge is 2.30. The van der Waals surface area contributed by atoms with Crippen molar-refractivity contribution >= 4 is 29.1 Å². The van der Waals surface area contributed by atoms with Gasteiger partial charge in [-0.1, -0.05) is 30.7 Å². The summed E-state index contributed by atoms with van der Waals surface area (Å²) >= 11 is 5.99. The van der Waals surface area contributed by atoms with E-state index in [1.54, 1.807) is 42.5 Å². The molecular weight excluding hydrogens is 352 g/mol. The van der Waals surface area contributed by atoms with E-state index >= 15 is 0 Å². The Morgan fingerprint density at radius 1 is 1.27 bits per heavy atom. The summed E-state index contributed by atoms with van der Waals surface area (Å²) in [5, 5.41) is 6.34. The standard InChI is InChI=1S/C20H21ClN2O3/c1-3-12(2)22-19(24)15-6-4-5-7-16(15)23-20(25)18-11-13-10-14(21)8-9-17(13)26-18/h4-10,12,18H,3,11H2,1-2H3,(H,22,24)(H,23,25). The number of hydrogen-bond donors (Lipinski definition) is 2. The lowest BCUT2D eigenvalue weighted by Crippen LogP contribution is -2.34. The molecule has 6 heteroatoms. The lowest BCUT2D eigenvalue weighted by Gasteiger charge is -2.16. The van der Waals surface area contributed by atoms with Crippen molar-refractivity contribution in [3.05, 3.63) is 58.6 Å². The quantitative estimate of drug-likeness (QED) is 0.838. The highest BCUT2D eigenvalue weighted by atomic mass is 35.5. The second kappa shape index (κ2) is 7.79. The van der Waals surface area contributed by atoms with E-state index in [-0.39, 0.29) is 17.9 Å². The molecule has 1 heterocycles. The molecule has 0 bridgehead atoms. The number of nitrogens with one attached hydrogen (secondary N) is 2. The van der Waals surface area contributed by atoms with E-state index in [1.807, 2.05) is 13.8 Å². The highest BCUT2D eigenvalue weighted by Crippen LogP contribution is 2.31. The number of ether oxygens (including phenoxy) is 1. The summed E-state index contributed by atoms with van der Waals surface area (Å²) in [6.07, 6.45) is 0.633. The van der Waals surface area contributed by atoms with Crippen molar-refractivity contribution in [3.8, 4) is 5.75 Å². The van der Waals surface area contributed by atoms with Crippen LogP contribution in [0.4, 0.5) is 5.69 Å². The number of halogens is 1. The number of anilines is 1. The minimum atomic E-state index is -0.644. The number of amides is 2. The minimum Gasteiger partial charge on any atom is -0.480 e. The first-order chi connectivity index (χ1) is 12.5. The molecule has 2 atom stereocenters. The smallest absolute Gasteiger partial charge is 0.265 e. The van der Waals surface area contributed by atoms with Gasteiger partial charge in [0.05, 0.1) is 11.3 Å². The van der Waals surface area contributed by atoms with Gasteiger partial charge in [0.1, 0.15) is 5.75 Å². The zero-order valence-electron chi connectivity index (χ0n) is 14.7. The molecule has 2 aromatic carbocycles. The van der Waals surface area contributed by atoms with Gasteiger partial charge in [-0.2, -0.15) is 0 Å². The van der Waals surface area contributed by atoms with E-state index in [0.717, 1.165) is 12.0 Å². The van der Waals surface area contributed by atoms with Gasteiger partial charge in [-0.3, -0.25) is 9.59 Å². The first kappa shape index (κ1) is 18.3. The van der Waals surface area contributed by atoms with Gasteiger partial charge in [-0.15, -0.1) is 0 Å². The lowest BCUT2D eigenvalue weighted by molar-refractivity contribution is -0.122. The first-order valence-electron chi connectivity index (χ1n) is 8.63. The van der Waals surface area contributed by atoms with Gasteiger partial charge >= 0.3 is 0 Å². The number of hydrogen-bond acceptors (Lipinski definition) is 3. The molecule has 0 saturated heterocycles. The Hall–Kier alpha value is -2.53. The Bertz CT molecular complexity index is 838. The predicted octanol–water partition coefficient (Wildman–Crippen LogP) is 3.81. The second-order valence-corrected chi connectivity index (χ2v) is 6.82. The molecular formula is C20H21ClN2O3. The number of benzene rings is 2. The molecule has 0 aromatic heterocycles. The summed E-state index contributed by atoms with van der Waals surface area (Å²) in [5.74, 6) is 0.163. The molecule has 2 unspecified atom stereocenters. The van der Waals surface area contributed by atoms with Crippen LogP contribution in [0.25, 0.3) is 0 Å². The fourth-order valence-electron chi connectivity index (χ4n) is 2.77. The van der Waals surface area contributed by atoms with Crippen molar-refractivity contribution in [1.82, 2.24) is 5.32 Å². The molecule has 5 nitrogen and oxygen atoms in total. The normalized spacial score (nSPS) is 16.3. The number of carbonyl (C=O) groups is 2. The van der Waals surface area contributed by atoms with Gasteiger partial charge in [0.15, 0.2) is 6.10 Å². The van der Waals surface area contributed by atoms with E-state index < -0.39 is 6.10 Å². The molecule has 0 radical (unpaired) electrons. The predicted molar refractivity (Wildman–Crippen MR) is 102 cm³/mol. The molecule has 2 aromatic rings. The summed E-state index contributed by atoms with van der Waals surface area (Å²) < 4.78 is 5.71. The fraction of sp³-hybridized carbons (Fsp3) is 0.300. The first-order valence-corrected chi connectivity index (χ1v) is 9.01. The third-order valence-corrected chi connectivity index (χ3v) is 4.64. The zero-order valence-corrected chi connectivity index (χ0v) is 15.5. The molecule has 0 saturated carbocycles. The van der Waals surface area contributed by atoms with Crippen LogP contribution in [-0.2, 0) is 11.2 Å². The molecule has 0 aliphatic carbocycles. The Balaban J connectivity index is 1.72. The van der Waals surface area contributed by atoms with Crippen LogP contribution in [0, 0.1) is 0 Å². The number of rotatable bonds is 5. The Morgan fingerprint density at radius 2 is 2.04 bits per heavy atom. The summed E-state index contributed by atoms with van der Waals surface area (Å²) in [4.78, 5) is 25.1. The van der Waals surface area contributed by atoms with Gasteiger partial charge in [0.25, 0.3) is 11.8 Å². The van der Waals surface area contributed by atoms with Gasteiger partial charge in [0.2, 0.25) is 0 Å². The largest absolute Gasteiger partial charge is 0.480 e. The average Bonchev–Trinajstić information content (AvgIpc) is 3.05. The van der Waals surface area contributed by atoms with Crippen molar-refractivity contribution < 1.29 is 14.3 Å². The molecule has 1 aliphatic heterocycles. The molecule has 0 spiro atoms. The van der Waals surface area contributed by atoms with Gasteiger partial charge < -0.3 is 15.4 Å². The molecule has 2 amide bonds. The van der Waals surface area contributed by atoms with E-state index in [9.17, 15) is 9.59 Å². The maximum absolute atomic E-state index is 12.6. The Morgan fingerprint density at radius 3 is 2.81 bits per heavy atom. The van der Waals surface area contributed by atoms with E-state index in [0.29, 0.717) is 28.4 Å². The van der Waals surface area contributed by atoms with Crippen LogP contribution in [-0.4, -0.2) is 24.0 Å². The van der Waals surface area contributed by atoms with Crippen LogP contribution >= 0.6 is 11.6 Å². The summed E-state index contributed by atoms with van der Waals surface area (Å²) in [6, 6.07) is 12.3. The van der Waals surface area contributed by atoms with Crippen molar-refractivity contribution in [1.29, 1.82) is 0 Å². The van der Waals surface area contributed by atoms with E-state index in [1.165, 1.54) is 0 Å². The molecule has 2 N–H and O–H groups in total. The summed E-state index contributed by atoms with van der Waals surface area (Å²) in [7, 11) is 0. The number of carbonyl (C=O) groups excluding carboxylic acids is 2. The molecule has 3 rings (SSSR count). The van der Waals surface area contributed by atoms with Crippen LogP contribution in [0.5, 0.6) is 5.75 Å². The van der Waals surface area contributed by atoms with Crippen LogP contribution in [0.2, 0.25) is 5.02 Å². The van der Waals surface area contributed by atoms with E-state index in [2.05, 4.69) is 10.6 Å². The SMILES string of the molecule is CCC(C)NC(=O)c1ccccc1NC(=O)C1Cc2cc(Cl)ccc2O1. The van der Waals surface area contributed by atoms with Crippen LogP contribution in [0.1, 0.15) is 36.2 Å². The van der Waals surface area contributed by atoms with Crippen molar-refractivity contribution in [3.63, 3.8) is 0 Å². The molecule has 26 heavy (non-hydrogen) atoms. The molecule has 136 valence electrons. The van der Waals surface area contributed by atoms with Crippen LogP contribution in [0.3, 0.4) is 0 Å². The maximum Gasteiger partial charge on any atom is 0.265 e. The van der Waals surface area contributed by atoms with Crippen molar-refractivity contribution in [2.24, 2.45) is 0 Å².